The number of unbranched alkanes of at least 4 members (excludes halogenated alkanes) is 37. The first-order valence-corrected chi connectivity index (χ1v) is 35.5. The normalized spacial score (nSPS) is 18.8. The molecule has 1 aliphatic rings. The molecule has 9 nitrogen and oxygen atoms in total. The summed E-state index contributed by atoms with van der Waals surface area (Å²) in [5.41, 5.74) is 0. The van der Waals surface area contributed by atoms with Gasteiger partial charge in [0.25, 0.3) is 0 Å². The Bertz CT molecular complexity index is 1650. The zero-order chi connectivity index (χ0) is 60.7. The first-order valence-electron chi connectivity index (χ1n) is 35.5. The highest BCUT2D eigenvalue weighted by atomic mass is 16.7. The van der Waals surface area contributed by atoms with Crippen molar-refractivity contribution >= 4 is 5.91 Å². The maximum atomic E-state index is 13.1. The summed E-state index contributed by atoms with van der Waals surface area (Å²) in [4.78, 5) is 13.1. The topological polar surface area (TPSA) is 149 Å². The second kappa shape index (κ2) is 63.1. The number of carbonyl (C=O) groups excluding carboxylic acids is 1. The Balaban J connectivity index is 2.14. The molecule has 7 atom stereocenters. The summed E-state index contributed by atoms with van der Waals surface area (Å²) in [6.45, 7) is 3.68. The van der Waals surface area contributed by atoms with Gasteiger partial charge in [-0.1, -0.05) is 323 Å². The monoisotopic (exact) mass is 1180 g/mol. The lowest BCUT2D eigenvalue weighted by molar-refractivity contribution is -0.302. The van der Waals surface area contributed by atoms with Gasteiger partial charge in [0.2, 0.25) is 5.91 Å². The Kier molecular flexibility index (Phi) is 59.5. The van der Waals surface area contributed by atoms with Crippen LogP contribution in [-0.2, 0) is 14.3 Å². The molecule has 9 heteroatoms. The van der Waals surface area contributed by atoms with Crippen LogP contribution in [0.5, 0.6) is 0 Å². The number of aliphatic hydroxyl groups excluding tert-OH is 5. The van der Waals surface area contributed by atoms with Crippen molar-refractivity contribution < 1.29 is 39.8 Å². The van der Waals surface area contributed by atoms with Gasteiger partial charge in [-0.3, -0.25) is 4.79 Å². The number of carbonyl (C=O) groups is 1. The SMILES string of the molecule is CC/C=C\C/C=C\C/C=C\C/C=C\C/C=C\C/C=C\CCCCCCCCCCCCCCCCCCC(=O)NC(COC1OC(CO)C(O)C(O)C1O)C(O)/C=C/CC/C=C/CCCCCCCCCCCCCCCCCCCCCC. The van der Waals surface area contributed by atoms with Gasteiger partial charge in [0.15, 0.2) is 6.29 Å². The van der Waals surface area contributed by atoms with E-state index in [0.717, 1.165) is 77.0 Å². The van der Waals surface area contributed by atoms with E-state index in [1.165, 1.54) is 218 Å². The van der Waals surface area contributed by atoms with Gasteiger partial charge in [0.05, 0.1) is 25.4 Å². The summed E-state index contributed by atoms with van der Waals surface area (Å²) in [6, 6.07) is -0.828. The summed E-state index contributed by atoms with van der Waals surface area (Å²) in [7, 11) is 0. The van der Waals surface area contributed by atoms with E-state index >= 15 is 0 Å². The van der Waals surface area contributed by atoms with Crippen LogP contribution in [0.4, 0.5) is 0 Å². The van der Waals surface area contributed by atoms with Gasteiger partial charge in [-0.05, 0) is 83.5 Å². The molecule has 0 aromatic rings. The van der Waals surface area contributed by atoms with Crippen molar-refractivity contribution in [3.8, 4) is 0 Å². The molecule has 1 aliphatic heterocycles. The van der Waals surface area contributed by atoms with Crippen molar-refractivity contribution in [2.24, 2.45) is 0 Å². The standard InChI is InChI=1S/C75H133NO8/c1-3-5-7-9-11-13-15-17-19-21-23-25-27-29-31-32-33-34-35-36-37-38-39-41-43-45-47-49-51-53-55-57-59-61-63-65-71(79)76-68(67-83-75-74(82)73(81)72(80)70(66-77)84-75)69(78)64-62-60-58-56-54-52-50-48-46-44-42-40-30-28-26-24-22-20-18-16-14-12-10-8-6-4-2/h5,7,11,13,17,19,23,25,29,31,33-34,54,56,62,64,68-70,72-75,77-78,80-82H,3-4,6,8-10,12,14-16,18,20-22,24,26-28,30,32,35-53,55,57-61,63,65-67H2,1-2H3,(H,76,79)/b7-5-,13-11-,19-17-,25-23-,31-29-,34-33-,56-54+,64-62+. The van der Waals surface area contributed by atoms with Crippen molar-refractivity contribution in [2.75, 3.05) is 13.2 Å². The van der Waals surface area contributed by atoms with Crippen molar-refractivity contribution in [3.05, 3.63) is 97.2 Å². The van der Waals surface area contributed by atoms with Crippen molar-refractivity contribution in [1.29, 1.82) is 0 Å². The van der Waals surface area contributed by atoms with E-state index in [1.807, 2.05) is 6.08 Å². The zero-order valence-electron chi connectivity index (χ0n) is 54.4. The van der Waals surface area contributed by atoms with E-state index < -0.39 is 49.5 Å². The lowest BCUT2D eigenvalue weighted by Crippen LogP contribution is -2.60. The maximum Gasteiger partial charge on any atom is 0.220 e. The number of aliphatic hydroxyl groups is 5. The Morgan fingerprint density at radius 1 is 0.417 bits per heavy atom. The molecule has 0 aliphatic carbocycles. The highest BCUT2D eigenvalue weighted by Crippen LogP contribution is 2.23. The fraction of sp³-hybridized carbons (Fsp3) is 0.773. The first kappa shape index (κ1) is 79.1. The first-order chi connectivity index (χ1) is 41.3. The van der Waals surface area contributed by atoms with Gasteiger partial charge in [-0.25, -0.2) is 0 Å². The van der Waals surface area contributed by atoms with Crippen molar-refractivity contribution in [1.82, 2.24) is 5.32 Å². The van der Waals surface area contributed by atoms with Gasteiger partial charge in [0.1, 0.15) is 24.4 Å². The highest BCUT2D eigenvalue weighted by molar-refractivity contribution is 5.76. The van der Waals surface area contributed by atoms with Gasteiger partial charge in [-0.2, -0.15) is 0 Å². The molecule has 7 unspecified atom stereocenters. The van der Waals surface area contributed by atoms with Gasteiger partial charge in [0, 0.05) is 6.42 Å². The van der Waals surface area contributed by atoms with Crippen LogP contribution in [0.25, 0.3) is 0 Å². The fourth-order valence-corrected chi connectivity index (χ4v) is 10.9. The maximum absolute atomic E-state index is 13.1. The molecule has 1 heterocycles. The number of hydrogen-bond donors (Lipinski definition) is 6. The summed E-state index contributed by atoms with van der Waals surface area (Å²) in [5, 5.41) is 54.8. The van der Waals surface area contributed by atoms with Crippen LogP contribution < -0.4 is 5.32 Å². The van der Waals surface area contributed by atoms with Crippen LogP contribution in [-0.4, -0.2) is 87.5 Å². The molecule has 84 heavy (non-hydrogen) atoms. The average Bonchev–Trinajstić information content (AvgIpc) is 3.70. The number of rotatable bonds is 61. The quantitative estimate of drug-likeness (QED) is 0.0261. The molecule has 1 fully saturated rings. The summed E-state index contributed by atoms with van der Waals surface area (Å²) in [5.74, 6) is -0.186. The molecular weight excluding hydrogens is 1040 g/mol. The van der Waals surface area contributed by atoms with Gasteiger partial charge >= 0.3 is 0 Å². The van der Waals surface area contributed by atoms with Crippen LogP contribution in [0.2, 0.25) is 0 Å². The lowest BCUT2D eigenvalue weighted by atomic mass is 9.99. The number of ether oxygens (including phenoxy) is 2. The third-order valence-corrected chi connectivity index (χ3v) is 16.4. The highest BCUT2D eigenvalue weighted by Gasteiger charge is 2.44. The molecule has 0 radical (unpaired) electrons. The van der Waals surface area contributed by atoms with E-state index in [4.69, 9.17) is 9.47 Å². The van der Waals surface area contributed by atoms with Crippen molar-refractivity contribution in [3.63, 3.8) is 0 Å². The van der Waals surface area contributed by atoms with Crippen LogP contribution in [0.1, 0.15) is 316 Å². The third-order valence-electron chi connectivity index (χ3n) is 16.4. The summed E-state index contributed by atoms with van der Waals surface area (Å²) < 4.78 is 11.3. The van der Waals surface area contributed by atoms with E-state index in [2.05, 4.69) is 104 Å². The Labute approximate surface area is 517 Å². The molecule has 1 rings (SSSR count). The molecule has 0 saturated carbocycles. The van der Waals surface area contributed by atoms with Gasteiger partial charge in [-0.15, -0.1) is 0 Å². The van der Waals surface area contributed by atoms with E-state index in [-0.39, 0.29) is 12.5 Å². The lowest BCUT2D eigenvalue weighted by Gasteiger charge is -2.40. The summed E-state index contributed by atoms with van der Waals surface area (Å²) in [6.07, 6.45) is 85.1. The van der Waals surface area contributed by atoms with Crippen LogP contribution >= 0.6 is 0 Å². The second-order valence-corrected chi connectivity index (χ2v) is 24.3. The molecule has 1 saturated heterocycles. The summed E-state index contributed by atoms with van der Waals surface area (Å²) >= 11 is 0. The smallest absolute Gasteiger partial charge is 0.220 e. The second-order valence-electron chi connectivity index (χ2n) is 24.3. The fourth-order valence-electron chi connectivity index (χ4n) is 10.9. The number of amides is 1. The van der Waals surface area contributed by atoms with Crippen LogP contribution in [0, 0.1) is 0 Å². The molecule has 0 aromatic heterocycles. The molecule has 6 N–H and O–H groups in total. The van der Waals surface area contributed by atoms with E-state index in [9.17, 15) is 30.3 Å². The minimum atomic E-state index is -1.58. The molecule has 0 aromatic carbocycles. The van der Waals surface area contributed by atoms with Crippen molar-refractivity contribution in [2.45, 2.75) is 358 Å². The molecule has 1 amide bonds. The molecule has 0 bridgehead atoms. The van der Waals surface area contributed by atoms with Crippen LogP contribution in [0.3, 0.4) is 0 Å². The number of hydrogen-bond acceptors (Lipinski definition) is 8. The van der Waals surface area contributed by atoms with Crippen LogP contribution in [0.15, 0.2) is 97.2 Å². The predicted octanol–water partition coefficient (Wildman–Crippen LogP) is 19.5. The molecule has 486 valence electrons. The zero-order valence-corrected chi connectivity index (χ0v) is 54.4. The van der Waals surface area contributed by atoms with Gasteiger partial charge < -0.3 is 40.3 Å². The average molecular weight is 1180 g/mol. The minimum Gasteiger partial charge on any atom is -0.394 e. The Morgan fingerprint density at radius 2 is 0.750 bits per heavy atom. The third kappa shape index (κ3) is 51.2. The minimum absolute atomic E-state index is 0.186. The molecular formula is C75H133NO8. The Morgan fingerprint density at radius 3 is 1.14 bits per heavy atom. The predicted molar refractivity (Wildman–Crippen MR) is 359 cm³/mol. The largest absolute Gasteiger partial charge is 0.394 e. The Hall–Kier alpha value is -2.89. The van der Waals surface area contributed by atoms with E-state index in [1.54, 1.807) is 6.08 Å². The number of nitrogens with one attached hydrogen (secondary N) is 1. The molecule has 0 spiro atoms. The van der Waals surface area contributed by atoms with E-state index in [0.29, 0.717) is 6.42 Å². The number of allylic oxidation sites excluding steroid dienone is 15.